The highest BCUT2D eigenvalue weighted by Gasteiger charge is 2.21. The minimum absolute atomic E-state index is 0.0822. The summed E-state index contributed by atoms with van der Waals surface area (Å²) >= 11 is 0. The molecule has 0 spiro atoms. The summed E-state index contributed by atoms with van der Waals surface area (Å²) in [4.78, 5) is 32.6. The van der Waals surface area contributed by atoms with E-state index < -0.39 is 15.8 Å². The van der Waals surface area contributed by atoms with Crippen LogP contribution in [0.1, 0.15) is 15.9 Å². The van der Waals surface area contributed by atoms with Crippen molar-refractivity contribution in [3.05, 3.63) is 67.8 Å². The molecule has 0 radical (unpaired) electrons. The highest BCUT2D eigenvalue weighted by molar-refractivity contribution is 5.89. The summed E-state index contributed by atoms with van der Waals surface area (Å²) in [5, 5.41) is 21.8. The number of esters is 1. The lowest BCUT2D eigenvalue weighted by Gasteiger charge is -2.11. The lowest BCUT2D eigenvalue weighted by atomic mass is 10.1. The number of benzene rings is 2. The minimum Gasteiger partial charge on any atom is -0.493 e. The van der Waals surface area contributed by atoms with Gasteiger partial charge in [-0.15, -0.1) is 0 Å². The highest BCUT2D eigenvalue weighted by atomic mass is 16.6. The van der Waals surface area contributed by atoms with Gasteiger partial charge in [-0.2, -0.15) is 0 Å². The van der Waals surface area contributed by atoms with Crippen molar-refractivity contribution in [2.24, 2.45) is 0 Å². The summed E-state index contributed by atoms with van der Waals surface area (Å²) < 4.78 is 15.2. The second kappa shape index (κ2) is 7.92. The number of nitrogens with zero attached hydrogens (tertiary/aromatic N) is 2. The fourth-order valence-electron chi connectivity index (χ4n) is 2.14. The number of ether oxygens (including phenoxy) is 3. The van der Waals surface area contributed by atoms with Crippen LogP contribution in [-0.2, 0) is 11.3 Å². The number of nitro groups is 2. The van der Waals surface area contributed by atoms with Crippen molar-refractivity contribution in [3.63, 3.8) is 0 Å². The van der Waals surface area contributed by atoms with Crippen LogP contribution in [0.4, 0.5) is 11.4 Å². The van der Waals surface area contributed by atoms with Gasteiger partial charge in [-0.1, -0.05) is 0 Å². The van der Waals surface area contributed by atoms with Gasteiger partial charge in [0.2, 0.25) is 0 Å². The maximum atomic E-state index is 12.0. The molecular weight excluding hydrogens is 348 g/mol. The molecule has 2 aromatic carbocycles. The second-order valence-electron chi connectivity index (χ2n) is 4.97. The molecule has 0 N–H and O–H groups in total. The third-order valence-electron chi connectivity index (χ3n) is 3.45. The van der Waals surface area contributed by atoms with Gasteiger partial charge in [0.1, 0.15) is 6.61 Å². The van der Waals surface area contributed by atoms with Crippen molar-refractivity contribution in [1.82, 2.24) is 0 Å². The number of nitro benzene ring substituents is 2. The number of carbonyl (C=O) groups excluding carboxylic acids is 1. The van der Waals surface area contributed by atoms with E-state index in [0.717, 1.165) is 12.1 Å². The van der Waals surface area contributed by atoms with Gasteiger partial charge in [0.25, 0.3) is 11.4 Å². The maximum Gasteiger partial charge on any atom is 0.338 e. The van der Waals surface area contributed by atoms with Crippen molar-refractivity contribution >= 4 is 17.3 Å². The van der Waals surface area contributed by atoms with E-state index >= 15 is 0 Å². The molecular formula is C16H14N2O8. The number of carbonyl (C=O) groups is 1. The predicted octanol–water partition coefficient (Wildman–Crippen LogP) is 2.88. The Morgan fingerprint density at radius 2 is 1.54 bits per heavy atom. The molecule has 0 atom stereocenters. The van der Waals surface area contributed by atoms with Crippen molar-refractivity contribution in [3.8, 4) is 11.5 Å². The van der Waals surface area contributed by atoms with Gasteiger partial charge in [0.15, 0.2) is 11.5 Å². The Kier molecular flexibility index (Phi) is 5.68. The molecule has 0 bridgehead atoms. The van der Waals surface area contributed by atoms with Crippen LogP contribution < -0.4 is 9.47 Å². The number of rotatable bonds is 7. The molecule has 10 nitrogen and oxygen atoms in total. The average Bonchev–Trinajstić information content (AvgIpc) is 2.65. The molecule has 2 rings (SSSR count). The Hall–Kier alpha value is -3.69. The number of non-ortho nitro benzene ring substituents is 1. The molecule has 136 valence electrons. The van der Waals surface area contributed by atoms with E-state index in [0.29, 0.717) is 0 Å². The van der Waals surface area contributed by atoms with Crippen molar-refractivity contribution in [1.29, 1.82) is 0 Å². The standard InChI is InChI=1S/C16H14N2O8/c1-24-14-7-11(13(18(22)23)8-15(14)25-2)9-26-16(19)10-3-5-12(6-4-10)17(20)21/h3-8H,9H2,1-2H3. The number of methoxy groups -OCH3 is 2. The van der Waals surface area contributed by atoms with Crippen LogP contribution in [0.15, 0.2) is 36.4 Å². The third-order valence-corrected chi connectivity index (χ3v) is 3.45. The van der Waals surface area contributed by atoms with Gasteiger partial charge in [-0.25, -0.2) is 4.79 Å². The molecule has 0 aliphatic rings. The minimum atomic E-state index is -0.774. The van der Waals surface area contributed by atoms with E-state index in [9.17, 15) is 25.0 Å². The zero-order valence-electron chi connectivity index (χ0n) is 13.8. The Bertz CT molecular complexity index is 848. The van der Waals surface area contributed by atoms with Gasteiger partial charge in [-0.3, -0.25) is 20.2 Å². The van der Waals surface area contributed by atoms with Crippen molar-refractivity contribution in [2.45, 2.75) is 6.61 Å². The van der Waals surface area contributed by atoms with Gasteiger partial charge in [-0.05, 0) is 18.2 Å². The van der Waals surface area contributed by atoms with Crippen LogP contribution in [0, 0.1) is 20.2 Å². The van der Waals surface area contributed by atoms with Gasteiger partial charge >= 0.3 is 5.97 Å². The summed E-state index contributed by atoms with van der Waals surface area (Å²) in [6.07, 6.45) is 0. The monoisotopic (exact) mass is 362 g/mol. The predicted molar refractivity (Wildman–Crippen MR) is 88.4 cm³/mol. The summed E-state index contributed by atoms with van der Waals surface area (Å²) in [7, 11) is 2.71. The van der Waals surface area contributed by atoms with Crippen molar-refractivity contribution in [2.75, 3.05) is 14.2 Å². The molecule has 0 heterocycles. The first-order valence-electron chi connectivity index (χ1n) is 7.18. The van der Waals surface area contributed by atoms with Crippen molar-refractivity contribution < 1.29 is 28.9 Å². The van der Waals surface area contributed by atoms with Gasteiger partial charge in [0.05, 0.1) is 41.3 Å². The highest BCUT2D eigenvalue weighted by Crippen LogP contribution is 2.34. The Morgan fingerprint density at radius 1 is 0.962 bits per heavy atom. The van der Waals surface area contributed by atoms with E-state index in [1.165, 1.54) is 38.5 Å². The molecule has 0 saturated heterocycles. The second-order valence-corrected chi connectivity index (χ2v) is 4.97. The first kappa shape index (κ1) is 18.6. The zero-order valence-corrected chi connectivity index (χ0v) is 13.8. The average molecular weight is 362 g/mol. The van der Waals surface area contributed by atoms with Gasteiger partial charge < -0.3 is 14.2 Å². The van der Waals surface area contributed by atoms with E-state index in [4.69, 9.17) is 14.2 Å². The summed E-state index contributed by atoms with van der Waals surface area (Å²) in [5.41, 5.74) is -0.266. The summed E-state index contributed by atoms with van der Waals surface area (Å²) in [6, 6.07) is 7.33. The van der Waals surface area contributed by atoms with Crippen LogP contribution in [0.25, 0.3) is 0 Å². The van der Waals surface area contributed by atoms with E-state index in [-0.39, 0.29) is 40.6 Å². The lowest BCUT2D eigenvalue weighted by molar-refractivity contribution is -0.385. The third kappa shape index (κ3) is 4.04. The largest absolute Gasteiger partial charge is 0.493 e. The Balaban J connectivity index is 2.21. The molecule has 0 amide bonds. The Labute approximate surface area is 147 Å². The fourth-order valence-corrected chi connectivity index (χ4v) is 2.14. The lowest BCUT2D eigenvalue weighted by Crippen LogP contribution is -2.07. The maximum absolute atomic E-state index is 12.0. The molecule has 2 aromatic rings. The molecule has 0 aliphatic carbocycles. The molecule has 10 heteroatoms. The number of hydrogen-bond donors (Lipinski definition) is 0. The molecule has 0 aliphatic heterocycles. The fraction of sp³-hybridized carbons (Fsp3) is 0.188. The smallest absolute Gasteiger partial charge is 0.338 e. The SMILES string of the molecule is COc1cc(COC(=O)c2ccc([N+](=O)[O-])cc2)c([N+](=O)[O-])cc1OC. The van der Waals surface area contributed by atoms with E-state index in [1.54, 1.807) is 0 Å². The van der Waals surface area contributed by atoms with E-state index in [2.05, 4.69) is 0 Å². The molecule has 0 aromatic heterocycles. The topological polar surface area (TPSA) is 131 Å². The Morgan fingerprint density at radius 3 is 2.04 bits per heavy atom. The summed E-state index contributed by atoms with van der Waals surface area (Å²) in [5.74, 6) is -0.354. The molecule has 0 fully saturated rings. The normalized spacial score (nSPS) is 10.1. The molecule has 0 unspecified atom stereocenters. The van der Waals surface area contributed by atoms with Crippen LogP contribution in [0.2, 0.25) is 0 Å². The first-order chi connectivity index (χ1) is 12.4. The van der Waals surface area contributed by atoms with E-state index in [1.807, 2.05) is 0 Å². The van der Waals surface area contributed by atoms with Crippen LogP contribution in [-0.4, -0.2) is 30.0 Å². The number of hydrogen-bond acceptors (Lipinski definition) is 8. The van der Waals surface area contributed by atoms with Crippen LogP contribution >= 0.6 is 0 Å². The van der Waals surface area contributed by atoms with Gasteiger partial charge in [0, 0.05) is 12.1 Å². The first-order valence-corrected chi connectivity index (χ1v) is 7.18. The zero-order chi connectivity index (χ0) is 19.3. The van der Waals surface area contributed by atoms with Crippen LogP contribution in [0.3, 0.4) is 0 Å². The quantitative estimate of drug-likeness (QED) is 0.417. The van der Waals surface area contributed by atoms with Crippen LogP contribution in [0.5, 0.6) is 11.5 Å². The summed E-state index contributed by atoms with van der Waals surface area (Å²) in [6.45, 7) is -0.382. The molecule has 26 heavy (non-hydrogen) atoms. The molecule has 0 saturated carbocycles.